The smallest absolute Gasteiger partial charge is 0.543 e. The first kappa shape index (κ1) is 31.6. The fraction of sp³-hybridized carbons (Fsp3) is 0. The van der Waals surface area contributed by atoms with Crippen LogP contribution in [0.3, 0.4) is 0 Å². The quantitative estimate of drug-likeness (QED) is 0.121. The van der Waals surface area contributed by atoms with Gasteiger partial charge in [-0.1, -0.05) is 0 Å². The van der Waals surface area contributed by atoms with Gasteiger partial charge in [0.05, 0.1) is 11.9 Å². The van der Waals surface area contributed by atoms with E-state index in [0.717, 1.165) is 0 Å². The number of halogens is 3. The maximum absolute atomic E-state index is 9.91. The van der Waals surface area contributed by atoms with Crippen LogP contribution in [0.4, 0.5) is 12.6 Å². The first-order chi connectivity index (χ1) is 8.06. The summed E-state index contributed by atoms with van der Waals surface area (Å²) in [5.41, 5.74) is 0. The first-order valence-corrected chi connectivity index (χ1v) is 5.09. The van der Waals surface area contributed by atoms with Gasteiger partial charge in [0, 0.05) is 0 Å². The molecule has 0 aliphatic rings. The molecule has 0 bridgehead atoms. The minimum atomic E-state index is -6.14. The Bertz CT molecular complexity index is 386. The second kappa shape index (κ2) is 20.6. The number of aliphatic carboxylic acids is 2. The van der Waals surface area contributed by atoms with Gasteiger partial charge in [-0.05, 0) is 0 Å². The zero-order valence-corrected chi connectivity index (χ0v) is 11.5. The molecule has 0 aromatic rings. The predicted molar refractivity (Wildman–Crippen MR) is 44.8 cm³/mol. The van der Waals surface area contributed by atoms with Gasteiger partial charge in [-0.25, -0.2) is 14.2 Å². The number of carboxylic acid groups (broad SMARTS) is 2. The molecular formula is C4F3Li2N2O7PS. The van der Waals surface area contributed by atoms with E-state index in [4.69, 9.17) is 24.4 Å². The summed E-state index contributed by atoms with van der Waals surface area (Å²) in [6, 6.07) is 0. The van der Waals surface area contributed by atoms with Crippen molar-refractivity contribution < 1.29 is 84.3 Å². The van der Waals surface area contributed by atoms with Crippen molar-refractivity contribution in [2.75, 3.05) is 0 Å². The molecule has 16 heteroatoms. The Morgan fingerprint density at radius 2 is 1.15 bits per heavy atom. The molecule has 0 amide bonds. The Balaban J connectivity index is -0.0000000543. The van der Waals surface area contributed by atoms with Crippen molar-refractivity contribution in [1.82, 2.24) is 0 Å². The molecule has 20 heavy (non-hydrogen) atoms. The van der Waals surface area contributed by atoms with Gasteiger partial charge in [0.25, 0.3) is 0 Å². The minimum Gasteiger partial charge on any atom is -0.543 e. The third-order valence-electron chi connectivity index (χ3n) is 0.323. The normalized spacial score (nSPS) is 7.15. The molecule has 102 valence electrons. The summed E-state index contributed by atoms with van der Waals surface area (Å²) in [6.45, 7) is 0. The van der Waals surface area contributed by atoms with Crippen molar-refractivity contribution in [3.8, 4) is 0 Å². The van der Waals surface area contributed by atoms with E-state index in [0.29, 0.717) is 12.1 Å². The third kappa shape index (κ3) is 86.5. The average Bonchev–Trinajstić information content (AvgIpc) is 2.17. The van der Waals surface area contributed by atoms with E-state index >= 15 is 0 Å². The van der Waals surface area contributed by atoms with Crippen LogP contribution < -0.4 is 47.9 Å². The Morgan fingerprint density at radius 1 is 0.950 bits per heavy atom. The zero-order valence-electron chi connectivity index (χ0n) is 9.74. The summed E-state index contributed by atoms with van der Waals surface area (Å²) in [4.78, 5) is 36.2. The van der Waals surface area contributed by atoms with Crippen molar-refractivity contribution in [1.29, 1.82) is 0 Å². The molecule has 0 aromatic carbocycles. The largest absolute Gasteiger partial charge is 1.00 e. The fourth-order valence-corrected chi connectivity index (χ4v) is 0.161. The van der Waals surface area contributed by atoms with Crippen LogP contribution in [0.1, 0.15) is 0 Å². The molecule has 0 saturated carbocycles. The standard InChI is InChI=1S/C2N2O2S.C2H2O4.F3OP.2Li/c5-1-3-7-4-2-6;3-1(4)2(5)6;1-5(2,3)4;;/h;(H,3,4)(H,5,6);;;/q;;;2*+1/p-2. The average molecular weight is 322 g/mol. The number of carboxylic acids is 2. The maximum atomic E-state index is 9.91. The van der Waals surface area contributed by atoms with Crippen LogP contribution in [0, 0.1) is 0 Å². The Kier molecular flexibility index (Phi) is 32.5. The zero-order chi connectivity index (χ0) is 15.2. The second-order valence-electron chi connectivity index (χ2n) is 1.42. The van der Waals surface area contributed by atoms with Gasteiger partial charge in [0.2, 0.25) is 12.2 Å². The summed E-state index contributed by atoms with van der Waals surface area (Å²) < 4.78 is 43.6. The number of carbonyl (C=O) groups excluding carboxylic acids is 4. The van der Waals surface area contributed by atoms with Gasteiger partial charge < -0.3 is 19.8 Å². The molecule has 0 aliphatic carbocycles. The van der Waals surface area contributed by atoms with Gasteiger partial charge >= 0.3 is 45.8 Å². The van der Waals surface area contributed by atoms with Crippen molar-refractivity contribution in [3.05, 3.63) is 0 Å². The van der Waals surface area contributed by atoms with Gasteiger partial charge in [-0.2, -0.15) is 0 Å². The van der Waals surface area contributed by atoms with E-state index in [2.05, 4.69) is 8.80 Å². The Labute approximate surface area is 137 Å². The summed E-state index contributed by atoms with van der Waals surface area (Å²) in [5.74, 6) is -4.37. The number of isocyanates is 2. The van der Waals surface area contributed by atoms with E-state index in [1.165, 1.54) is 12.2 Å². The van der Waals surface area contributed by atoms with E-state index in [9.17, 15) is 22.2 Å². The van der Waals surface area contributed by atoms with Crippen molar-refractivity contribution >= 4 is 44.3 Å². The number of rotatable bonds is 2. The molecule has 0 heterocycles. The van der Waals surface area contributed by atoms with Crippen LogP contribution in [0.15, 0.2) is 8.80 Å². The molecule has 0 spiro atoms. The number of carbonyl (C=O) groups is 2. The SMILES string of the molecule is O=C([O-])C(=O)[O-].O=C=NSN=C=O.O=P(F)(F)F.[Li+].[Li+]. The monoisotopic (exact) mass is 322 g/mol. The van der Waals surface area contributed by atoms with E-state index in [1.54, 1.807) is 0 Å². The molecule has 9 nitrogen and oxygen atoms in total. The summed E-state index contributed by atoms with van der Waals surface area (Å²) in [7, 11) is -6.14. The molecule has 0 aliphatic heterocycles. The van der Waals surface area contributed by atoms with Crippen LogP contribution in [-0.2, 0) is 23.7 Å². The number of hydrogen-bond donors (Lipinski definition) is 0. The molecule has 0 fully saturated rings. The summed E-state index contributed by atoms with van der Waals surface area (Å²) in [5, 5.41) is 17.9. The number of nitrogens with zero attached hydrogens (tertiary/aromatic N) is 2. The van der Waals surface area contributed by atoms with Crippen LogP contribution in [0.5, 0.6) is 0 Å². The first-order valence-electron chi connectivity index (χ1n) is 2.98. The predicted octanol–water partition coefficient (Wildman–Crippen LogP) is -7.28. The van der Waals surface area contributed by atoms with Gasteiger partial charge in [-0.3, -0.25) is 0 Å². The molecule has 0 rings (SSSR count). The summed E-state index contributed by atoms with van der Waals surface area (Å²) in [6.07, 6.45) is 2.34. The number of hydrogen-bond acceptors (Lipinski definition) is 10. The van der Waals surface area contributed by atoms with Gasteiger partial charge in [-0.15, -0.1) is 21.4 Å². The summed E-state index contributed by atoms with van der Waals surface area (Å²) >= 11 is 0.456. The van der Waals surface area contributed by atoms with Crippen LogP contribution in [-0.4, -0.2) is 24.1 Å². The third-order valence-corrected chi connectivity index (χ3v) is 0.635. The Hall–Kier alpha value is -0.735. The van der Waals surface area contributed by atoms with Crippen molar-refractivity contribution in [3.63, 3.8) is 0 Å². The molecule has 0 aromatic heterocycles. The molecular weight excluding hydrogens is 322 g/mol. The van der Waals surface area contributed by atoms with Crippen LogP contribution >= 0.6 is 20.2 Å². The topological polar surface area (TPSA) is 156 Å². The van der Waals surface area contributed by atoms with Crippen LogP contribution in [0.2, 0.25) is 0 Å². The molecule has 0 unspecified atom stereocenters. The van der Waals surface area contributed by atoms with E-state index in [1.807, 2.05) is 0 Å². The van der Waals surface area contributed by atoms with E-state index in [-0.39, 0.29) is 37.7 Å². The fourth-order valence-electron chi connectivity index (χ4n) is 0.0537. The van der Waals surface area contributed by atoms with Gasteiger partial charge in [0.1, 0.15) is 12.1 Å². The van der Waals surface area contributed by atoms with Crippen molar-refractivity contribution in [2.24, 2.45) is 8.80 Å². The minimum absolute atomic E-state index is 0. The van der Waals surface area contributed by atoms with Gasteiger partial charge in [0.15, 0.2) is 0 Å². The second-order valence-corrected chi connectivity index (χ2v) is 2.75. The molecule has 0 radical (unpaired) electrons. The molecule has 0 N–H and O–H groups in total. The maximum Gasteiger partial charge on any atom is 1.00 e. The molecule has 0 saturated heterocycles. The van der Waals surface area contributed by atoms with Crippen LogP contribution in [0.25, 0.3) is 0 Å². The Morgan fingerprint density at radius 3 is 1.25 bits per heavy atom. The van der Waals surface area contributed by atoms with E-state index < -0.39 is 20.0 Å². The van der Waals surface area contributed by atoms with Crippen molar-refractivity contribution in [2.45, 2.75) is 0 Å². The molecule has 0 atom stereocenters.